The molecule has 1 aliphatic rings. The molecule has 0 atom stereocenters. The zero-order valence-corrected chi connectivity index (χ0v) is 16.6. The Hall–Kier alpha value is -2.39. The average Bonchev–Trinajstić information content (AvgIpc) is 2.69. The molecule has 144 valence electrons. The second-order valence-electron chi connectivity index (χ2n) is 6.37. The van der Waals surface area contributed by atoms with Crippen LogP contribution in [0, 0.1) is 0 Å². The summed E-state index contributed by atoms with van der Waals surface area (Å²) in [6, 6.07) is 7.16. The lowest BCUT2D eigenvalue weighted by atomic mass is 10.1. The van der Waals surface area contributed by atoms with E-state index in [2.05, 4.69) is 47.0 Å². The van der Waals surface area contributed by atoms with Gasteiger partial charge in [0.15, 0.2) is 11.6 Å². The minimum absolute atomic E-state index is 0.292. The summed E-state index contributed by atoms with van der Waals surface area (Å²) in [4.78, 5) is 23.0. The van der Waals surface area contributed by atoms with Gasteiger partial charge in [-0.1, -0.05) is 18.6 Å². The molecule has 0 radical (unpaired) electrons. The number of benzene rings is 1. The molecule has 8 nitrogen and oxygen atoms in total. The lowest BCUT2D eigenvalue weighted by Gasteiger charge is -2.26. The predicted molar refractivity (Wildman–Crippen MR) is 110 cm³/mol. The number of nitrogens with two attached hydrogens (primary N) is 1. The SMILES string of the molecule is Nc1c(NCCN2CCCCC2)ncnc1NNC(=O)c1ccccc1Br. The van der Waals surface area contributed by atoms with E-state index in [1.807, 2.05) is 6.07 Å². The number of hydrazine groups is 1. The molecule has 1 aliphatic heterocycles. The van der Waals surface area contributed by atoms with Crippen LogP contribution < -0.4 is 21.9 Å². The first-order valence-corrected chi connectivity index (χ1v) is 9.82. The van der Waals surface area contributed by atoms with Crippen LogP contribution in [0.1, 0.15) is 29.6 Å². The first kappa shape index (κ1) is 19.4. The molecule has 0 spiro atoms. The van der Waals surface area contributed by atoms with Gasteiger partial charge in [0.05, 0.1) is 5.56 Å². The number of aromatic nitrogens is 2. The summed E-state index contributed by atoms with van der Waals surface area (Å²) in [6.45, 7) is 4.00. The van der Waals surface area contributed by atoms with Crippen molar-refractivity contribution >= 4 is 39.2 Å². The summed E-state index contributed by atoms with van der Waals surface area (Å²) in [5, 5.41) is 3.25. The highest BCUT2D eigenvalue weighted by Crippen LogP contribution is 2.22. The van der Waals surface area contributed by atoms with Crippen LogP contribution in [0.5, 0.6) is 0 Å². The van der Waals surface area contributed by atoms with Gasteiger partial charge < -0.3 is 16.0 Å². The Balaban J connectivity index is 1.54. The maximum Gasteiger partial charge on any atom is 0.270 e. The van der Waals surface area contributed by atoms with Gasteiger partial charge >= 0.3 is 0 Å². The normalized spacial score (nSPS) is 14.6. The zero-order chi connectivity index (χ0) is 19.1. The second kappa shape index (κ2) is 9.52. The van der Waals surface area contributed by atoms with E-state index in [0.717, 1.165) is 26.2 Å². The molecular weight excluding hydrogens is 410 g/mol. The Bertz CT molecular complexity index is 780. The molecule has 1 amide bonds. The third-order valence-electron chi connectivity index (χ3n) is 4.47. The number of hydrogen-bond donors (Lipinski definition) is 4. The van der Waals surface area contributed by atoms with Crippen LogP contribution in [0.15, 0.2) is 35.1 Å². The summed E-state index contributed by atoms with van der Waals surface area (Å²) in [5.41, 5.74) is 12.4. The van der Waals surface area contributed by atoms with E-state index in [4.69, 9.17) is 5.73 Å². The summed E-state index contributed by atoms with van der Waals surface area (Å²) < 4.78 is 0.708. The van der Waals surface area contributed by atoms with Gasteiger partial charge in [0.1, 0.15) is 12.0 Å². The van der Waals surface area contributed by atoms with Crippen molar-refractivity contribution in [3.63, 3.8) is 0 Å². The van der Waals surface area contributed by atoms with Crippen molar-refractivity contribution < 1.29 is 4.79 Å². The molecule has 3 rings (SSSR count). The Labute approximate surface area is 167 Å². The first-order valence-electron chi connectivity index (χ1n) is 9.02. The molecule has 2 heterocycles. The molecule has 0 aliphatic carbocycles. The van der Waals surface area contributed by atoms with Crippen LogP contribution in [0.4, 0.5) is 17.3 Å². The van der Waals surface area contributed by atoms with E-state index in [1.165, 1.54) is 25.6 Å². The monoisotopic (exact) mass is 433 g/mol. The predicted octanol–water partition coefficient (Wildman–Crippen LogP) is 2.48. The fourth-order valence-corrected chi connectivity index (χ4v) is 3.44. The van der Waals surface area contributed by atoms with Crippen molar-refractivity contribution in [2.75, 3.05) is 42.7 Å². The van der Waals surface area contributed by atoms with Crippen molar-refractivity contribution in [1.82, 2.24) is 20.3 Å². The van der Waals surface area contributed by atoms with Crippen LogP contribution in [-0.4, -0.2) is 47.0 Å². The van der Waals surface area contributed by atoms with E-state index in [9.17, 15) is 4.79 Å². The van der Waals surface area contributed by atoms with Crippen molar-refractivity contribution in [3.05, 3.63) is 40.6 Å². The van der Waals surface area contributed by atoms with Crippen LogP contribution in [0.2, 0.25) is 0 Å². The molecule has 1 fully saturated rings. The first-order chi connectivity index (χ1) is 13.1. The summed E-state index contributed by atoms with van der Waals surface area (Å²) >= 11 is 3.36. The van der Waals surface area contributed by atoms with E-state index < -0.39 is 0 Å². The van der Waals surface area contributed by atoms with Crippen molar-refractivity contribution in [1.29, 1.82) is 0 Å². The minimum Gasteiger partial charge on any atom is -0.393 e. The molecule has 1 aromatic heterocycles. The molecule has 5 N–H and O–H groups in total. The van der Waals surface area contributed by atoms with Crippen molar-refractivity contribution in [2.45, 2.75) is 19.3 Å². The fraction of sp³-hybridized carbons (Fsp3) is 0.389. The standard InChI is InChI=1S/C18H24BrN7O/c19-14-7-3-2-6-13(14)18(27)25-24-17-15(20)16(22-12-23-17)21-8-11-26-9-4-1-5-10-26/h2-3,6-7,12H,1,4-5,8-11,20H2,(H,25,27)(H2,21,22,23,24). The highest BCUT2D eigenvalue weighted by Gasteiger charge is 2.13. The number of carbonyl (C=O) groups excluding carboxylic acids is 1. The lowest BCUT2D eigenvalue weighted by molar-refractivity contribution is 0.0961. The van der Waals surface area contributed by atoms with Gasteiger partial charge in [0.2, 0.25) is 0 Å². The molecule has 0 unspecified atom stereocenters. The maximum absolute atomic E-state index is 12.3. The molecule has 1 saturated heterocycles. The van der Waals surface area contributed by atoms with E-state index in [0.29, 0.717) is 27.4 Å². The van der Waals surface area contributed by atoms with Crippen LogP contribution >= 0.6 is 15.9 Å². The van der Waals surface area contributed by atoms with Crippen LogP contribution in [0.25, 0.3) is 0 Å². The number of anilines is 3. The lowest BCUT2D eigenvalue weighted by Crippen LogP contribution is -2.34. The van der Waals surface area contributed by atoms with Crippen LogP contribution in [-0.2, 0) is 0 Å². The summed E-state index contributed by atoms with van der Waals surface area (Å²) in [7, 11) is 0. The summed E-state index contributed by atoms with van der Waals surface area (Å²) in [6.07, 6.45) is 5.26. The molecule has 2 aromatic rings. The van der Waals surface area contributed by atoms with Crippen molar-refractivity contribution in [2.24, 2.45) is 0 Å². The van der Waals surface area contributed by atoms with E-state index in [1.54, 1.807) is 18.2 Å². The molecule has 9 heteroatoms. The Morgan fingerprint density at radius 2 is 1.89 bits per heavy atom. The molecular formula is C18H24BrN7O. The minimum atomic E-state index is -0.292. The number of nitrogens with one attached hydrogen (secondary N) is 3. The number of nitrogen functional groups attached to an aromatic ring is 1. The number of hydrogen-bond acceptors (Lipinski definition) is 7. The number of nitrogens with zero attached hydrogens (tertiary/aromatic N) is 3. The number of amides is 1. The van der Waals surface area contributed by atoms with Gasteiger partial charge in [-0.05, 0) is 54.0 Å². The topological polar surface area (TPSA) is 108 Å². The molecule has 1 aromatic carbocycles. The van der Waals surface area contributed by atoms with Gasteiger partial charge in [-0.15, -0.1) is 0 Å². The largest absolute Gasteiger partial charge is 0.393 e. The van der Waals surface area contributed by atoms with E-state index >= 15 is 0 Å². The van der Waals surface area contributed by atoms with Gasteiger partial charge in [-0.3, -0.25) is 15.6 Å². The number of piperidine rings is 1. The number of likely N-dealkylation sites (tertiary alicyclic amines) is 1. The maximum atomic E-state index is 12.3. The van der Waals surface area contributed by atoms with Gasteiger partial charge in [0.25, 0.3) is 5.91 Å². The highest BCUT2D eigenvalue weighted by atomic mass is 79.9. The Morgan fingerprint density at radius 3 is 2.67 bits per heavy atom. The van der Waals surface area contributed by atoms with Gasteiger partial charge in [-0.2, -0.15) is 0 Å². The fourth-order valence-electron chi connectivity index (χ4n) is 2.98. The zero-order valence-electron chi connectivity index (χ0n) is 15.0. The molecule has 0 saturated carbocycles. The quantitative estimate of drug-likeness (QED) is 0.496. The highest BCUT2D eigenvalue weighted by molar-refractivity contribution is 9.10. The van der Waals surface area contributed by atoms with Crippen molar-refractivity contribution in [3.8, 4) is 0 Å². The summed E-state index contributed by atoms with van der Waals surface area (Å²) in [5.74, 6) is 0.616. The molecule has 27 heavy (non-hydrogen) atoms. The Kier molecular flexibility index (Phi) is 6.83. The number of rotatable bonds is 7. The van der Waals surface area contributed by atoms with E-state index in [-0.39, 0.29) is 5.91 Å². The van der Waals surface area contributed by atoms with Gasteiger partial charge in [-0.25, -0.2) is 9.97 Å². The smallest absolute Gasteiger partial charge is 0.270 e. The third kappa shape index (κ3) is 5.30. The second-order valence-corrected chi connectivity index (χ2v) is 7.23. The number of halogens is 1. The average molecular weight is 434 g/mol. The number of carbonyl (C=O) groups is 1. The van der Waals surface area contributed by atoms with Gasteiger partial charge in [0, 0.05) is 17.6 Å². The van der Waals surface area contributed by atoms with Crippen LogP contribution in [0.3, 0.4) is 0 Å². The Morgan fingerprint density at radius 1 is 1.15 bits per heavy atom. The third-order valence-corrected chi connectivity index (χ3v) is 5.16. The molecule has 0 bridgehead atoms.